The van der Waals surface area contributed by atoms with Gasteiger partial charge in [0.15, 0.2) is 5.43 Å². The summed E-state index contributed by atoms with van der Waals surface area (Å²) in [6.45, 7) is -0.338. The second-order valence-corrected chi connectivity index (χ2v) is 4.78. The summed E-state index contributed by atoms with van der Waals surface area (Å²) in [7, 11) is 0. The van der Waals surface area contributed by atoms with E-state index in [0.717, 1.165) is 0 Å². The molecule has 3 aromatic rings. The number of nitro groups is 1. The molecular formula is C15H10N2O5. The van der Waals surface area contributed by atoms with Gasteiger partial charge in [0.25, 0.3) is 5.69 Å². The molecule has 0 unspecified atom stereocenters. The number of carboxylic acids is 1. The number of hydrogen-bond donors (Lipinski definition) is 1. The summed E-state index contributed by atoms with van der Waals surface area (Å²) in [6, 6.07) is 10.5. The third kappa shape index (κ3) is 2.08. The first-order chi connectivity index (χ1) is 10.5. The van der Waals surface area contributed by atoms with Crippen LogP contribution in [0.4, 0.5) is 5.69 Å². The first kappa shape index (κ1) is 13.7. The second-order valence-electron chi connectivity index (χ2n) is 4.78. The quantitative estimate of drug-likeness (QED) is 0.453. The molecule has 1 N–H and O–H groups in total. The number of para-hydroxylation sites is 1. The Balaban J connectivity index is 2.51. The van der Waals surface area contributed by atoms with Crippen LogP contribution in [0.3, 0.4) is 0 Å². The fourth-order valence-corrected chi connectivity index (χ4v) is 2.54. The number of hydrogen-bond acceptors (Lipinski definition) is 4. The van der Waals surface area contributed by atoms with Gasteiger partial charge in [-0.2, -0.15) is 0 Å². The zero-order chi connectivity index (χ0) is 15.9. The Bertz CT molecular complexity index is 990. The van der Waals surface area contributed by atoms with Gasteiger partial charge in [0.2, 0.25) is 0 Å². The smallest absolute Gasteiger partial charge is 0.323 e. The van der Waals surface area contributed by atoms with E-state index in [0.29, 0.717) is 16.4 Å². The van der Waals surface area contributed by atoms with Gasteiger partial charge in [0.05, 0.1) is 21.3 Å². The molecule has 7 nitrogen and oxygen atoms in total. The Morgan fingerprint density at radius 1 is 1.14 bits per heavy atom. The van der Waals surface area contributed by atoms with Gasteiger partial charge >= 0.3 is 5.97 Å². The lowest BCUT2D eigenvalue weighted by Crippen LogP contribution is -2.16. The van der Waals surface area contributed by atoms with Crippen molar-refractivity contribution in [1.29, 1.82) is 0 Å². The van der Waals surface area contributed by atoms with E-state index in [2.05, 4.69) is 0 Å². The Labute approximate surface area is 123 Å². The van der Waals surface area contributed by atoms with Gasteiger partial charge in [-0.1, -0.05) is 12.1 Å². The fourth-order valence-electron chi connectivity index (χ4n) is 2.54. The van der Waals surface area contributed by atoms with Crippen molar-refractivity contribution in [3.63, 3.8) is 0 Å². The summed E-state index contributed by atoms with van der Waals surface area (Å²) in [6.07, 6.45) is 0. The van der Waals surface area contributed by atoms with Crippen molar-refractivity contribution in [2.45, 2.75) is 6.54 Å². The highest BCUT2D eigenvalue weighted by Crippen LogP contribution is 2.23. The molecule has 0 fully saturated rings. The van der Waals surface area contributed by atoms with Gasteiger partial charge in [0.1, 0.15) is 6.54 Å². The van der Waals surface area contributed by atoms with Crippen LogP contribution < -0.4 is 5.43 Å². The molecular weight excluding hydrogens is 288 g/mol. The van der Waals surface area contributed by atoms with E-state index >= 15 is 0 Å². The highest BCUT2D eigenvalue weighted by Gasteiger charge is 2.15. The van der Waals surface area contributed by atoms with E-state index in [4.69, 9.17) is 5.11 Å². The summed E-state index contributed by atoms with van der Waals surface area (Å²) in [4.78, 5) is 33.9. The van der Waals surface area contributed by atoms with Crippen LogP contribution in [-0.4, -0.2) is 20.6 Å². The minimum absolute atomic E-state index is 0.133. The maximum absolute atomic E-state index is 12.5. The average Bonchev–Trinajstić information content (AvgIpc) is 2.50. The van der Waals surface area contributed by atoms with E-state index in [-0.39, 0.29) is 23.0 Å². The number of fused-ring (bicyclic) bond motifs is 2. The van der Waals surface area contributed by atoms with E-state index in [1.54, 1.807) is 24.3 Å². The van der Waals surface area contributed by atoms with Crippen LogP contribution >= 0.6 is 0 Å². The highest BCUT2D eigenvalue weighted by atomic mass is 16.6. The van der Waals surface area contributed by atoms with Gasteiger partial charge in [-0.05, 0) is 18.2 Å². The largest absolute Gasteiger partial charge is 0.480 e. The second kappa shape index (κ2) is 4.96. The van der Waals surface area contributed by atoms with Crippen molar-refractivity contribution in [3.05, 3.63) is 62.8 Å². The third-order valence-electron chi connectivity index (χ3n) is 3.46. The molecule has 1 heterocycles. The van der Waals surface area contributed by atoms with Gasteiger partial charge < -0.3 is 9.67 Å². The molecule has 0 atom stereocenters. The van der Waals surface area contributed by atoms with Crippen LogP contribution in [0.2, 0.25) is 0 Å². The minimum Gasteiger partial charge on any atom is -0.480 e. The Morgan fingerprint density at radius 2 is 1.82 bits per heavy atom. The van der Waals surface area contributed by atoms with Gasteiger partial charge in [-0.25, -0.2) is 0 Å². The van der Waals surface area contributed by atoms with E-state index < -0.39 is 10.9 Å². The number of aliphatic carboxylic acids is 1. The maximum Gasteiger partial charge on any atom is 0.323 e. The maximum atomic E-state index is 12.5. The average molecular weight is 298 g/mol. The van der Waals surface area contributed by atoms with Crippen molar-refractivity contribution in [2.24, 2.45) is 0 Å². The topological polar surface area (TPSA) is 102 Å². The van der Waals surface area contributed by atoms with Crippen molar-refractivity contribution in [2.75, 3.05) is 0 Å². The first-order valence-corrected chi connectivity index (χ1v) is 6.40. The lowest BCUT2D eigenvalue weighted by Gasteiger charge is -2.12. The van der Waals surface area contributed by atoms with Crippen LogP contribution in [0.5, 0.6) is 0 Å². The van der Waals surface area contributed by atoms with E-state index in [1.807, 2.05) is 0 Å². The number of rotatable bonds is 3. The molecule has 110 valence electrons. The normalized spacial score (nSPS) is 10.9. The molecule has 0 radical (unpaired) electrons. The summed E-state index contributed by atoms with van der Waals surface area (Å²) in [5.41, 5.74) is 0.283. The zero-order valence-electron chi connectivity index (χ0n) is 11.2. The van der Waals surface area contributed by atoms with Crippen LogP contribution in [0.15, 0.2) is 47.3 Å². The summed E-state index contributed by atoms with van der Waals surface area (Å²) in [5, 5.41) is 20.4. The van der Waals surface area contributed by atoms with Crippen molar-refractivity contribution < 1.29 is 14.8 Å². The first-order valence-electron chi connectivity index (χ1n) is 6.40. The summed E-state index contributed by atoms with van der Waals surface area (Å²) >= 11 is 0. The standard InChI is InChI=1S/C15H10N2O5/c18-14(19)8-16-12-4-2-1-3-10(12)15(20)11-7-9(17(21)22)5-6-13(11)16/h1-7H,8H2,(H,18,19). The lowest BCUT2D eigenvalue weighted by atomic mass is 10.1. The number of benzene rings is 2. The summed E-state index contributed by atoms with van der Waals surface area (Å²) < 4.78 is 1.47. The molecule has 0 saturated carbocycles. The number of nitrogens with zero attached hydrogens (tertiary/aromatic N) is 2. The Kier molecular flexibility index (Phi) is 3.10. The minimum atomic E-state index is -1.06. The molecule has 0 aliphatic carbocycles. The molecule has 0 aliphatic heterocycles. The number of non-ortho nitro benzene ring substituents is 1. The van der Waals surface area contributed by atoms with Crippen LogP contribution in [0.25, 0.3) is 21.8 Å². The third-order valence-corrected chi connectivity index (χ3v) is 3.46. The van der Waals surface area contributed by atoms with E-state index in [1.165, 1.54) is 22.8 Å². The molecule has 0 saturated heterocycles. The molecule has 1 aromatic heterocycles. The number of aromatic nitrogens is 1. The van der Waals surface area contributed by atoms with Gasteiger partial charge in [0, 0.05) is 17.5 Å². The highest BCUT2D eigenvalue weighted by molar-refractivity contribution is 5.95. The van der Waals surface area contributed by atoms with E-state index in [9.17, 15) is 19.7 Å². The monoisotopic (exact) mass is 298 g/mol. The van der Waals surface area contributed by atoms with Crippen LogP contribution in [0.1, 0.15) is 0 Å². The van der Waals surface area contributed by atoms with Crippen LogP contribution in [-0.2, 0) is 11.3 Å². The number of carbonyl (C=O) groups is 1. The molecule has 3 rings (SSSR count). The SMILES string of the molecule is O=C(O)Cn1c2ccccc2c(=O)c2cc([N+](=O)[O-])ccc21. The van der Waals surface area contributed by atoms with Gasteiger partial charge in [-0.15, -0.1) is 0 Å². The predicted molar refractivity (Wildman–Crippen MR) is 80.0 cm³/mol. The van der Waals surface area contributed by atoms with Crippen molar-refractivity contribution in [1.82, 2.24) is 4.57 Å². The molecule has 22 heavy (non-hydrogen) atoms. The Morgan fingerprint density at radius 3 is 2.50 bits per heavy atom. The number of nitro benzene ring substituents is 1. The number of carboxylic acid groups (broad SMARTS) is 1. The molecule has 0 spiro atoms. The lowest BCUT2D eigenvalue weighted by molar-refractivity contribution is -0.384. The van der Waals surface area contributed by atoms with Gasteiger partial charge in [-0.3, -0.25) is 19.7 Å². The zero-order valence-corrected chi connectivity index (χ0v) is 11.2. The predicted octanol–water partition coefficient (Wildman–Crippen LogP) is 2.15. The molecule has 0 amide bonds. The van der Waals surface area contributed by atoms with Crippen molar-refractivity contribution in [3.8, 4) is 0 Å². The molecule has 7 heteroatoms. The number of pyridine rings is 1. The molecule has 0 aliphatic rings. The molecule has 2 aromatic carbocycles. The molecule has 0 bridgehead atoms. The Hall–Kier alpha value is -3.22. The van der Waals surface area contributed by atoms with Crippen LogP contribution in [0, 0.1) is 10.1 Å². The van der Waals surface area contributed by atoms with Crippen molar-refractivity contribution >= 4 is 33.5 Å². The summed E-state index contributed by atoms with van der Waals surface area (Å²) in [5.74, 6) is -1.06. The fraction of sp³-hybridized carbons (Fsp3) is 0.0667.